The van der Waals surface area contributed by atoms with Crippen molar-refractivity contribution in [3.63, 3.8) is 0 Å². The Morgan fingerprint density at radius 1 is 1.09 bits per heavy atom. The fourth-order valence-electron chi connectivity index (χ4n) is 2.10. The van der Waals surface area contributed by atoms with E-state index in [0.717, 1.165) is 16.9 Å². The number of hydrogen-bond acceptors (Lipinski definition) is 6. The summed E-state index contributed by atoms with van der Waals surface area (Å²) in [6.07, 6.45) is 7.14. The van der Waals surface area contributed by atoms with Crippen LogP contribution in [0, 0.1) is 0 Å². The van der Waals surface area contributed by atoms with E-state index in [1.165, 1.54) is 11.8 Å². The number of aromatic nitrogens is 5. The molecule has 4 rings (SSSR count). The average molecular weight is 344 g/mol. The molecule has 23 heavy (non-hydrogen) atoms. The molecule has 4 heterocycles. The van der Waals surface area contributed by atoms with Crippen LogP contribution in [-0.2, 0) is 5.75 Å². The van der Waals surface area contributed by atoms with Gasteiger partial charge in [0.1, 0.15) is 5.65 Å². The topological polar surface area (TPSA) is 69.1 Å². The van der Waals surface area contributed by atoms with Crippen LogP contribution in [0.2, 0.25) is 5.02 Å². The van der Waals surface area contributed by atoms with Gasteiger partial charge in [0.2, 0.25) is 5.89 Å². The monoisotopic (exact) mass is 343 g/mol. The van der Waals surface area contributed by atoms with Gasteiger partial charge in [-0.05, 0) is 24.3 Å². The van der Waals surface area contributed by atoms with Crippen LogP contribution in [0.1, 0.15) is 5.69 Å². The van der Waals surface area contributed by atoms with Crippen molar-refractivity contribution in [3.8, 4) is 11.5 Å². The molecule has 0 bridgehead atoms. The number of rotatable bonds is 4. The molecule has 114 valence electrons. The highest BCUT2D eigenvalue weighted by Crippen LogP contribution is 2.25. The Balaban J connectivity index is 1.49. The van der Waals surface area contributed by atoms with Gasteiger partial charge in [-0.3, -0.25) is 4.98 Å². The fourth-order valence-corrected chi connectivity index (χ4v) is 2.92. The summed E-state index contributed by atoms with van der Waals surface area (Å²) in [5, 5.41) is 9.27. The first-order chi connectivity index (χ1) is 11.3. The van der Waals surface area contributed by atoms with Gasteiger partial charge in [0, 0.05) is 36.1 Å². The molecular formula is C15H10ClN5OS. The minimum atomic E-state index is 0.483. The second kappa shape index (κ2) is 6.02. The van der Waals surface area contributed by atoms with Gasteiger partial charge in [-0.1, -0.05) is 23.4 Å². The molecule has 0 aliphatic rings. The van der Waals surface area contributed by atoms with Crippen LogP contribution in [-0.4, -0.2) is 24.6 Å². The molecule has 0 unspecified atom stereocenters. The van der Waals surface area contributed by atoms with Crippen molar-refractivity contribution in [2.24, 2.45) is 0 Å². The third-order valence-electron chi connectivity index (χ3n) is 3.14. The molecule has 0 aliphatic carbocycles. The van der Waals surface area contributed by atoms with E-state index in [2.05, 4.69) is 20.2 Å². The van der Waals surface area contributed by atoms with Crippen LogP contribution in [0.25, 0.3) is 17.1 Å². The lowest BCUT2D eigenvalue weighted by atomic mass is 10.3. The van der Waals surface area contributed by atoms with Gasteiger partial charge < -0.3 is 8.82 Å². The first-order valence-electron chi connectivity index (χ1n) is 6.78. The summed E-state index contributed by atoms with van der Waals surface area (Å²) in [4.78, 5) is 8.48. The number of pyridine rings is 2. The maximum absolute atomic E-state index is 5.97. The molecule has 0 radical (unpaired) electrons. The maximum Gasteiger partial charge on any atom is 0.277 e. The van der Waals surface area contributed by atoms with Crippen LogP contribution in [0.15, 0.2) is 58.7 Å². The van der Waals surface area contributed by atoms with E-state index in [4.69, 9.17) is 16.0 Å². The predicted molar refractivity (Wildman–Crippen MR) is 87.3 cm³/mol. The second-order valence-corrected chi connectivity index (χ2v) is 6.11. The normalized spacial score (nSPS) is 11.2. The van der Waals surface area contributed by atoms with Gasteiger partial charge in [-0.15, -0.1) is 10.2 Å². The molecule has 0 fully saturated rings. The molecule has 0 atom stereocenters. The van der Waals surface area contributed by atoms with Crippen LogP contribution >= 0.6 is 23.4 Å². The van der Waals surface area contributed by atoms with Gasteiger partial charge >= 0.3 is 0 Å². The molecule has 4 aromatic rings. The number of thioether (sulfide) groups is 1. The molecule has 6 nitrogen and oxygen atoms in total. The maximum atomic E-state index is 5.97. The van der Waals surface area contributed by atoms with Crippen LogP contribution < -0.4 is 0 Å². The van der Waals surface area contributed by atoms with Gasteiger partial charge in [-0.2, -0.15) is 0 Å². The Hall–Kier alpha value is -2.38. The van der Waals surface area contributed by atoms with Gasteiger partial charge in [0.15, 0.2) is 0 Å². The van der Waals surface area contributed by atoms with Crippen molar-refractivity contribution in [2.45, 2.75) is 11.0 Å². The molecule has 0 N–H and O–H groups in total. The van der Waals surface area contributed by atoms with Gasteiger partial charge in [-0.25, -0.2) is 4.98 Å². The van der Waals surface area contributed by atoms with Crippen molar-refractivity contribution < 1.29 is 4.42 Å². The third kappa shape index (κ3) is 3.06. The lowest BCUT2D eigenvalue weighted by Crippen LogP contribution is -1.79. The Labute approximate surface area is 140 Å². The van der Waals surface area contributed by atoms with Crippen LogP contribution in [0.4, 0.5) is 0 Å². The van der Waals surface area contributed by atoms with Crippen LogP contribution in [0.5, 0.6) is 0 Å². The SMILES string of the molecule is Clc1ccc2nc(CSc3nnc(-c4ccncc4)o3)cn2c1. The summed E-state index contributed by atoms with van der Waals surface area (Å²) in [7, 11) is 0. The molecule has 0 aliphatic heterocycles. The molecular weight excluding hydrogens is 334 g/mol. The first kappa shape index (κ1) is 14.2. The summed E-state index contributed by atoms with van der Waals surface area (Å²) in [5.74, 6) is 1.12. The summed E-state index contributed by atoms with van der Waals surface area (Å²) in [5.41, 5.74) is 2.62. The fraction of sp³-hybridized carbons (Fsp3) is 0.0667. The number of nitrogens with zero attached hydrogens (tertiary/aromatic N) is 5. The Morgan fingerprint density at radius 3 is 2.83 bits per heavy atom. The van der Waals surface area contributed by atoms with Crippen molar-refractivity contribution >= 4 is 29.0 Å². The highest BCUT2D eigenvalue weighted by Gasteiger charge is 2.10. The number of hydrogen-bond donors (Lipinski definition) is 0. The minimum Gasteiger partial charge on any atom is -0.411 e. The first-order valence-corrected chi connectivity index (χ1v) is 8.14. The van der Waals surface area contributed by atoms with Crippen molar-refractivity contribution in [2.75, 3.05) is 0 Å². The molecule has 4 aromatic heterocycles. The van der Waals surface area contributed by atoms with E-state index < -0.39 is 0 Å². The summed E-state index contributed by atoms with van der Waals surface area (Å²) >= 11 is 7.41. The minimum absolute atomic E-state index is 0.483. The highest BCUT2D eigenvalue weighted by atomic mass is 35.5. The molecule has 0 spiro atoms. The zero-order valence-electron chi connectivity index (χ0n) is 11.8. The Bertz CT molecular complexity index is 953. The Morgan fingerprint density at radius 2 is 1.96 bits per heavy atom. The zero-order valence-corrected chi connectivity index (χ0v) is 13.3. The zero-order chi connectivity index (χ0) is 15.6. The van der Waals surface area contributed by atoms with E-state index in [9.17, 15) is 0 Å². The van der Waals surface area contributed by atoms with Crippen molar-refractivity contribution in [1.82, 2.24) is 24.6 Å². The van der Waals surface area contributed by atoms with Gasteiger partial charge in [0.05, 0.1) is 10.7 Å². The summed E-state index contributed by atoms with van der Waals surface area (Å²) in [6.45, 7) is 0. The van der Waals surface area contributed by atoms with Gasteiger partial charge in [0.25, 0.3) is 5.22 Å². The lowest BCUT2D eigenvalue weighted by Gasteiger charge is -1.93. The van der Waals surface area contributed by atoms with Crippen molar-refractivity contribution in [1.29, 1.82) is 0 Å². The van der Waals surface area contributed by atoms with Crippen LogP contribution in [0.3, 0.4) is 0 Å². The largest absolute Gasteiger partial charge is 0.411 e. The standard InChI is InChI=1S/C15H10ClN5OS/c16-11-1-2-13-18-12(8-21(13)7-11)9-23-15-20-19-14(22-15)10-3-5-17-6-4-10/h1-8H,9H2. The molecule has 0 aromatic carbocycles. The predicted octanol–water partition coefficient (Wildman–Crippen LogP) is 3.73. The lowest BCUT2D eigenvalue weighted by molar-refractivity contribution is 0.465. The van der Waals surface area contributed by atoms with E-state index in [-0.39, 0.29) is 0 Å². The van der Waals surface area contributed by atoms with E-state index in [1.54, 1.807) is 12.4 Å². The average Bonchev–Trinajstić information content (AvgIpc) is 3.20. The van der Waals surface area contributed by atoms with E-state index in [0.29, 0.717) is 21.9 Å². The van der Waals surface area contributed by atoms with E-state index >= 15 is 0 Å². The van der Waals surface area contributed by atoms with E-state index in [1.807, 2.05) is 41.1 Å². The molecule has 0 saturated heterocycles. The second-order valence-electron chi connectivity index (χ2n) is 4.74. The summed E-state index contributed by atoms with van der Waals surface area (Å²) < 4.78 is 7.54. The smallest absolute Gasteiger partial charge is 0.277 e. The number of fused-ring (bicyclic) bond motifs is 1. The number of halogens is 1. The Kier molecular flexibility index (Phi) is 3.72. The highest BCUT2D eigenvalue weighted by molar-refractivity contribution is 7.98. The third-order valence-corrected chi connectivity index (χ3v) is 4.22. The number of imidazole rings is 1. The molecule has 0 saturated carbocycles. The van der Waals surface area contributed by atoms with Crippen molar-refractivity contribution in [3.05, 3.63) is 59.8 Å². The molecule has 0 amide bonds. The summed E-state index contributed by atoms with van der Waals surface area (Å²) in [6, 6.07) is 7.35. The molecule has 8 heteroatoms. The quantitative estimate of drug-likeness (QED) is 0.526.